The number of anilines is 2. The van der Waals surface area contributed by atoms with E-state index in [4.69, 9.17) is 14.7 Å². The number of hydrogen-bond donors (Lipinski definition) is 2. The zero-order chi connectivity index (χ0) is 24.6. The molecule has 1 aliphatic carbocycles. The molecular formula is C25H29N7O3S2. The molecule has 2 N–H and O–H groups in total. The van der Waals surface area contributed by atoms with Crippen LogP contribution in [0.15, 0.2) is 36.7 Å². The van der Waals surface area contributed by atoms with Gasteiger partial charge in [0, 0.05) is 30.8 Å². The molecule has 12 heteroatoms. The van der Waals surface area contributed by atoms with E-state index in [9.17, 15) is 9.90 Å². The lowest BCUT2D eigenvalue weighted by Gasteiger charge is -2.25. The molecule has 4 aromatic rings. The summed E-state index contributed by atoms with van der Waals surface area (Å²) in [6.07, 6.45) is 5.12. The number of rotatable bonds is 7. The van der Waals surface area contributed by atoms with Crippen LogP contribution in [0, 0.1) is 0 Å². The quantitative estimate of drug-likeness (QED) is 0.367. The number of fused-ring (bicyclic) bond motifs is 1. The van der Waals surface area contributed by atoms with Gasteiger partial charge >= 0.3 is 0 Å². The number of carbonyl (C=O) groups is 1. The Morgan fingerprint density at radius 1 is 1.24 bits per heavy atom. The van der Waals surface area contributed by atoms with Gasteiger partial charge in [-0.1, -0.05) is 17.4 Å². The lowest BCUT2D eigenvalue weighted by atomic mass is 10.2. The van der Waals surface area contributed by atoms with E-state index < -0.39 is 6.10 Å². The number of aliphatic hydroxyl groups excluding tert-OH is 1. The molecule has 0 radical (unpaired) electrons. The molecule has 1 aliphatic heterocycles. The molecule has 37 heavy (non-hydrogen) atoms. The molecule has 0 aromatic carbocycles. The van der Waals surface area contributed by atoms with Gasteiger partial charge in [0.25, 0.3) is 5.91 Å². The summed E-state index contributed by atoms with van der Waals surface area (Å²) in [4.78, 5) is 29.7. The number of pyridine rings is 2. The van der Waals surface area contributed by atoms with Crippen molar-refractivity contribution < 1.29 is 14.6 Å². The second kappa shape index (κ2) is 10.7. The summed E-state index contributed by atoms with van der Waals surface area (Å²) in [5.41, 5.74) is 4.10. The number of aliphatic hydroxyl groups is 1. The summed E-state index contributed by atoms with van der Waals surface area (Å²) in [6, 6.07) is 7.35. The van der Waals surface area contributed by atoms with Crippen LogP contribution in [-0.2, 0) is 11.3 Å². The minimum atomic E-state index is -0.502. The van der Waals surface area contributed by atoms with E-state index in [1.54, 1.807) is 35.2 Å². The fourth-order valence-electron chi connectivity index (χ4n) is 4.30. The minimum absolute atomic E-state index is 0. The SMILES string of the molecule is C[C@H](O)Cn1cc(-c2cccc(C(=O)Nc3cc4sc(N5CCOCC5)nc4nc3C3CC3)n2)cn1.S. The fourth-order valence-corrected chi connectivity index (χ4v) is 5.30. The Balaban J connectivity index is 0.00000280. The van der Waals surface area contributed by atoms with Crippen molar-refractivity contribution in [1.29, 1.82) is 0 Å². The highest BCUT2D eigenvalue weighted by Gasteiger charge is 2.30. The lowest BCUT2D eigenvalue weighted by molar-refractivity contribution is 0.102. The lowest BCUT2D eigenvalue weighted by Crippen LogP contribution is -2.36. The average molecular weight is 540 g/mol. The second-order valence-corrected chi connectivity index (χ2v) is 10.3. The van der Waals surface area contributed by atoms with Crippen molar-refractivity contribution in [3.8, 4) is 11.3 Å². The number of morpholine rings is 1. The van der Waals surface area contributed by atoms with Gasteiger partial charge in [-0.25, -0.2) is 9.97 Å². The van der Waals surface area contributed by atoms with Gasteiger partial charge in [-0.15, -0.1) is 0 Å². The van der Waals surface area contributed by atoms with Gasteiger partial charge in [-0.3, -0.25) is 9.48 Å². The van der Waals surface area contributed by atoms with Crippen molar-refractivity contribution in [1.82, 2.24) is 24.7 Å². The molecule has 10 nitrogen and oxygen atoms in total. The Hall–Kier alpha value is -3.06. The van der Waals surface area contributed by atoms with Crippen LogP contribution >= 0.6 is 24.8 Å². The van der Waals surface area contributed by atoms with Crippen molar-refractivity contribution in [3.05, 3.63) is 48.0 Å². The highest BCUT2D eigenvalue weighted by molar-refractivity contribution is 7.59. The Bertz CT molecular complexity index is 1410. The number of ether oxygens (including phenoxy) is 1. The minimum Gasteiger partial charge on any atom is -0.391 e. The summed E-state index contributed by atoms with van der Waals surface area (Å²) in [5, 5.41) is 17.9. The van der Waals surface area contributed by atoms with Gasteiger partial charge in [0.1, 0.15) is 5.69 Å². The Morgan fingerprint density at radius 3 is 2.81 bits per heavy atom. The van der Waals surface area contributed by atoms with Gasteiger partial charge in [-0.2, -0.15) is 23.6 Å². The zero-order valence-electron chi connectivity index (χ0n) is 20.4. The number of amides is 1. The van der Waals surface area contributed by atoms with Crippen LogP contribution < -0.4 is 10.2 Å². The van der Waals surface area contributed by atoms with E-state index in [1.807, 2.05) is 24.4 Å². The zero-order valence-corrected chi connectivity index (χ0v) is 22.2. The third kappa shape index (κ3) is 5.61. The van der Waals surface area contributed by atoms with Crippen LogP contribution in [-0.4, -0.2) is 68.2 Å². The maximum Gasteiger partial charge on any atom is 0.274 e. The largest absolute Gasteiger partial charge is 0.391 e. The molecule has 6 rings (SSSR count). The molecule has 0 bridgehead atoms. The summed E-state index contributed by atoms with van der Waals surface area (Å²) < 4.78 is 8.08. The predicted molar refractivity (Wildman–Crippen MR) is 148 cm³/mol. The number of nitrogens with one attached hydrogen (secondary N) is 1. The molecule has 5 heterocycles. The third-order valence-electron chi connectivity index (χ3n) is 6.26. The second-order valence-electron chi connectivity index (χ2n) is 9.28. The maximum absolute atomic E-state index is 13.2. The van der Waals surface area contributed by atoms with Crippen molar-refractivity contribution in [2.24, 2.45) is 0 Å². The van der Waals surface area contributed by atoms with E-state index in [1.165, 1.54) is 0 Å². The molecular weight excluding hydrogens is 510 g/mol. The van der Waals surface area contributed by atoms with Gasteiger partial charge in [-0.05, 0) is 38.0 Å². The predicted octanol–water partition coefficient (Wildman–Crippen LogP) is 3.41. The summed E-state index contributed by atoms with van der Waals surface area (Å²) in [7, 11) is 0. The third-order valence-corrected chi connectivity index (χ3v) is 7.31. The average Bonchev–Trinajstić information content (AvgIpc) is 3.48. The van der Waals surface area contributed by atoms with Crippen LogP contribution in [0.25, 0.3) is 21.6 Å². The van der Waals surface area contributed by atoms with E-state index >= 15 is 0 Å². The molecule has 1 atom stereocenters. The van der Waals surface area contributed by atoms with Crippen molar-refractivity contribution in [2.45, 2.75) is 38.3 Å². The first-order valence-corrected chi connectivity index (χ1v) is 13.0. The molecule has 1 saturated heterocycles. The van der Waals surface area contributed by atoms with E-state index in [-0.39, 0.29) is 19.4 Å². The fraction of sp³-hybridized carbons (Fsp3) is 0.400. The van der Waals surface area contributed by atoms with Gasteiger partial charge < -0.3 is 20.1 Å². The molecule has 0 spiro atoms. The van der Waals surface area contributed by atoms with E-state index in [0.717, 1.165) is 58.4 Å². The molecule has 2 fully saturated rings. The molecule has 194 valence electrons. The first-order valence-electron chi connectivity index (χ1n) is 12.2. The number of thiazole rings is 1. The molecule has 0 unspecified atom stereocenters. The standard InChI is InChI=1S/C25H27N7O3S.H2S/c1-15(33)13-32-14-17(12-26-32)18-3-2-4-19(27-18)24(34)28-20-11-21-23(29-22(20)16-5-6-16)30-25(36-21)31-7-9-35-10-8-31;/h2-4,11-12,14-16,33H,5-10,13H2,1H3,(H,28,34);1H2/t15-;/m0./s1. The Labute approximate surface area is 225 Å². The van der Waals surface area contributed by atoms with Crippen LogP contribution in [0.1, 0.15) is 41.9 Å². The normalized spacial score (nSPS) is 16.4. The smallest absolute Gasteiger partial charge is 0.274 e. The topological polar surface area (TPSA) is 118 Å². The summed E-state index contributed by atoms with van der Waals surface area (Å²) >= 11 is 1.59. The van der Waals surface area contributed by atoms with Crippen molar-refractivity contribution in [2.75, 3.05) is 36.5 Å². The first kappa shape index (κ1) is 25.6. The first-order chi connectivity index (χ1) is 17.5. The summed E-state index contributed by atoms with van der Waals surface area (Å²) in [5.74, 6) is 0.0616. The van der Waals surface area contributed by atoms with Crippen molar-refractivity contribution in [3.63, 3.8) is 0 Å². The van der Waals surface area contributed by atoms with Crippen molar-refractivity contribution >= 4 is 51.9 Å². The molecule has 1 amide bonds. The monoisotopic (exact) mass is 539 g/mol. The van der Waals surface area contributed by atoms with Crippen LogP contribution in [0.4, 0.5) is 10.8 Å². The van der Waals surface area contributed by atoms with Gasteiger partial charge in [0.05, 0.1) is 53.8 Å². The Kier molecular flexibility index (Phi) is 7.43. The Morgan fingerprint density at radius 2 is 2.05 bits per heavy atom. The van der Waals surface area contributed by atoms with Crippen LogP contribution in [0.3, 0.4) is 0 Å². The number of hydrogen-bond acceptors (Lipinski definition) is 9. The van der Waals surface area contributed by atoms with E-state index in [2.05, 4.69) is 20.3 Å². The molecule has 2 aliphatic rings. The molecule has 4 aromatic heterocycles. The number of aromatic nitrogens is 5. The highest BCUT2D eigenvalue weighted by Crippen LogP contribution is 2.44. The van der Waals surface area contributed by atoms with Gasteiger partial charge in [0.2, 0.25) is 0 Å². The number of nitrogens with zero attached hydrogens (tertiary/aromatic N) is 6. The highest BCUT2D eigenvalue weighted by atomic mass is 32.1. The van der Waals surface area contributed by atoms with E-state index in [0.29, 0.717) is 37.1 Å². The van der Waals surface area contributed by atoms with Gasteiger partial charge in [0.15, 0.2) is 10.8 Å². The number of carbonyl (C=O) groups excluding carboxylic acids is 1. The van der Waals surface area contributed by atoms with Crippen LogP contribution in [0.2, 0.25) is 0 Å². The molecule has 1 saturated carbocycles. The summed E-state index contributed by atoms with van der Waals surface area (Å²) in [6.45, 7) is 5.14. The maximum atomic E-state index is 13.2. The van der Waals surface area contributed by atoms with Crippen LogP contribution in [0.5, 0.6) is 0 Å².